The Morgan fingerprint density at radius 3 is 2.55 bits per heavy atom. The van der Waals surface area contributed by atoms with Gasteiger partial charge in [0.2, 0.25) is 5.09 Å². The molecule has 5 nitrogen and oxygen atoms in total. The minimum Gasteiger partial charge on any atom is -0.452 e. The van der Waals surface area contributed by atoms with E-state index in [4.69, 9.17) is 4.42 Å². The topological polar surface area (TPSA) is 53.8 Å². The first-order chi connectivity index (χ1) is 10.6. The summed E-state index contributed by atoms with van der Waals surface area (Å²) in [5.74, 6) is 0. The minimum absolute atomic E-state index is 0.0239. The molecular formula is C16H20N2O3S. The molecule has 0 bridgehead atoms. The predicted molar refractivity (Wildman–Crippen MR) is 83.8 cm³/mol. The van der Waals surface area contributed by atoms with Crippen molar-refractivity contribution < 1.29 is 12.8 Å². The molecule has 1 atom stereocenters. The smallest absolute Gasteiger partial charge is 0.276 e. The van der Waals surface area contributed by atoms with E-state index in [-0.39, 0.29) is 11.1 Å². The number of rotatable bonds is 4. The van der Waals surface area contributed by atoms with Crippen LogP contribution < -0.4 is 0 Å². The molecule has 0 unspecified atom stereocenters. The molecule has 2 aromatic rings. The molecule has 3 rings (SSSR count). The molecular weight excluding hydrogens is 300 g/mol. The van der Waals surface area contributed by atoms with Crippen LogP contribution in [0.3, 0.4) is 0 Å². The molecule has 1 aliphatic rings. The highest BCUT2D eigenvalue weighted by molar-refractivity contribution is 7.89. The average Bonchev–Trinajstić information content (AvgIpc) is 3.03. The van der Waals surface area contributed by atoms with Gasteiger partial charge >= 0.3 is 0 Å². The van der Waals surface area contributed by atoms with Crippen LogP contribution in [0.1, 0.15) is 12.5 Å². The van der Waals surface area contributed by atoms with Crippen LogP contribution in [0.4, 0.5) is 0 Å². The summed E-state index contributed by atoms with van der Waals surface area (Å²) < 4.78 is 31.7. The van der Waals surface area contributed by atoms with Gasteiger partial charge in [-0.1, -0.05) is 30.3 Å². The van der Waals surface area contributed by atoms with E-state index in [1.165, 1.54) is 22.2 Å². The van der Waals surface area contributed by atoms with Crippen molar-refractivity contribution in [3.05, 3.63) is 54.3 Å². The van der Waals surface area contributed by atoms with E-state index >= 15 is 0 Å². The summed E-state index contributed by atoms with van der Waals surface area (Å²) in [6, 6.07) is 13.3. The van der Waals surface area contributed by atoms with Crippen molar-refractivity contribution in [2.45, 2.75) is 24.6 Å². The fraction of sp³-hybridized carbons (Fsp3) is 0.375. The highest BCUT2D eigenvalue weighted by atomic mass is 32.2. The van der Waals surface area contributed by atoms with Crippen molar-refractivity contribution in [1.82, 2.24) is 9.21 Å². The lowest BCUT2D eigenvalue weighted by Gasteiger charge is -2.38. The molecule has 1 fully saturated rings. The van der Waals surface area contributed by atoms with Crippen LogP contribution >= 0.6 is 0 Å². The number of piperazine rings is 1. The number of sulfonamides is 1. The average molecular weight is 320 g/mol. The van der Waals surface area contributed by atoms with Crippen LogP contribution in [0, 0.1) is 0 Å². The molecule has 0 spiro atoms. The first-order valence-corrected chi connectivity index (χ1v) is 8.83. The zero-order chi connectivity index (χ0) is 15.6. The van der Waals surface area contributed by atoms with Crippen molar-refractivity contribution >= 4 is 10.0 Å². The first kappa shape index (κ1) is 15.3. The summed E-state index contributed by atoms with van der Waals surface area (Å²) >= 11 is 0. The molecule has 1 saturated heterocycles. The molecule has 1 aromatic heterocycles. The van der Waals surface area contributed by atoms with Crippen molar-refractivity contribution in [2.24, 2.45) is 0 Å². The molecule has 118 valence electrons. The summed E-state index contributed by atoms with van der Waals surface area (Å²) in [7, 11) is -3.52. The van der Waals surface area contributed by atoms with Gasteiger partial charge in [0.1, 0.15) is 0 Å². The third kappa shape index (κ3) is 3.09. The zero-order valence-corrected chi connectivity index (χ0v) is 13.4. The number of benzene rings is 1. The largest absolute Gasteiger partial charge is 0.452 e. The third-order valence-electron chi connectivity index (χ3n) is 3.96. The van der Waals surface area contributed by atoms with E-state index in [1.807, 2.05) is 25.1 Å². The van der Waals surface area contributed by atoms with Crippen molar-refractivity contribution in [3.8, 4) is 0 Å². The van der Waals surface area contributed by atoms with Crippen LogP contribution in [0.2, 0.25) is 0 Å². The van der Waals surface area contributed by atoms with Crippen molar-refractivity contribution in [3.63, 3.8) is 0 Å². The van der Waals surface area contributed by atoms with E-state index in [0.717, 1.165) is 19.6 Å². The fourth-order valence-electron chi connectivity index (χ4n) is 2.88. The molecule has 22 heavy (non-hydrogen) atoms. The van der Waals surface area contributed by atoms with Gasteiger partial charge in [-0.2, -0.15) is 4.31 Å². The fourth-order valence-corrected chi connectivity index (χ4v) is 4.41. The van der Waals surface area contributed by atoms with Crippen LogP contribution in [-0.2, 0) is 16.6 Å². The SMILES string of the molecule is C[C@@H]1CN(Cc2ccccc2)CCN1S(=O)(=O)c1ccco1. The Kier molecular flexibility index (Phi) is 4.33. The maximum absolute atomic E-state index is 12.5. The van der Waals surface area contributed by atoms with Gasteiger partial charge in [-0.15, -0.1) is 0 Å². The summed E-state index contributed by atoms with van der Waals surface area (Å²) in [6.07, 6.45) is 1.39. The second-order valence-electron chi connectivity index (χ2n) is 5.62. The molecule has 1 aromatic carbocycles. The van der Waals surface area contributed by atoms with Gasteiger partial charge < -0.3 is 4.42 Å². The summed E-state index contributed by atoms with van der Waals surface area (Å²) in [6.45, 7) is 4.71. The Balaban J connectivity index is 1.68. The standard InChI is InChI=1S/C16H20N2O3S/c1-14-12-17(13-15-6-3-2-4-7-15)9-10-18(14)22(19,20)16-8-5-11-21-16/h2-8,11,14H,9-10,12-13H2,1H3/t14-/m1/s1. The lowest BCUT2D eigenvalue weighted by Crippen LogP contribution is -2.53. The Hall–Kier alpha value is -1.63. The van der Waals surface area contributed by atoms with Crippen LogP contribution in [-0.4, -0.2) is 43.3 Å². The lowest BCUT2D eigenvalue weighted by molar-refractivity contribution is 0.136. The highest BCUT2D eigenvalue weighted by Gasteiger charge is 2.35. The monoisotopic (exact) mass is 320 g/mol. The zero-order valence-electron chi connectivity index (χ0n) is 12.6. The Bertz CT molecular complexity index is 698. The summed E-state index contributed by atoms with van der Waals surface area (Å²) in [5, 5.41) is 0.0239. The van der Waals surface area contributed by atoms with Gasteiger partial charge in [-0.25, -0.2) is 8.42 Å². The van der Waals surface area contributed by atoms with Crippen LogP contribution in [0.15, 0.2) is 58.2 Å². The van der Waals surface area contributed by atoms with Crippen molar-refractivity contribution in [2.75, 3.05) is 19.6 Å². The van der Waals surface area contributed by atoms with Gasteiger partial charge in [-0.3, -0.25) is 4.90 Å². The van der Waals surface area contributed by atoms with E-state index in [0.29, 0.717) is 6.54 Å². The first-order valence-electron chi connectivity index (χ1n) is 7.39. The summed E-state index contributed by atoms with van der Waals surface area (Å²) in [5.41, 5.74) is 1.25. The van der Waals surface area contributed by atoms with Crippen molar-refractivity contribution in [1.29, 1.82) is 0 Å². The lowest BCUT2D eigenvalue weighted by atomic mass is 10.1. The molecule has 0 N–H and O–H groups in total. The second kappa shape index (κ2) is 6.24. The maximum Gasteiger partial charge on any atom is 0.276 e. The van der Waals surface area contributed by atoms with E-state index < -0.39 is 10.0 Å². The number of furan rings is 1. The molecule has 0 amide bonds. The predicted octanol–water partition coefficient (Wildman–Crippen LogP) is 2.17. The number of hydrogen-bond donors (Lipinski definition) is 0. The highest BCUT2D eigenvalue weighted by Crippen LogP contribution is 2.22. The van der Waals surface area contributed by atoms with Crippen LogP contribution in [0.5, 0.6) is 0 Å². The molecule has 6 heteroatoms. The van der Waals surface area contributed by atoms with Gasteiger partial charge in [0.05, 0.1) is 6.26 Å². The number of hydrogen-bond acceptors (Lipinski definition) is 4. The second-order valence-corrected chi connectivity index (χ2v) is 7.44. The van der Waals surface area contributed by atoms with Gasteiger partial charge in [0.25, 0.3) is 10.0 Å². The van der Waals surface area contributed by atoms with Gasteiger partial charge in [0, 0.05) is 32.2 Å². The Morgan fingerprint density at radius 2 is 1.91 bits per heavy atom. The third-order valence-corrected chi connectivity index (χ3v) is 5.86. The molecule has 0 aliphatic carbocycles. The number of nitrogens with zero attached hydrogens (tertiary/aromatic N) is 2. The maximum atomic E-state index is 12.5. The van der Waals surface area contributed by atoms with Gasteiger partial charge in [-0.05, 0) is 24.6 Å². The molecule has 0 saturated carbocycles. The minimum atomic E-state index is -3.52. The molecule has 2 heterocycles. The Morgan fingerprint density at radius 1 is 1.14 bits per heavy atom. The van der Waals surface area contributed by atoms with E-state index in [9.17, 15) is 8.42 Å². The quantitative estimate of drug-likeness (QED) is 0.866. The van der Waals surface area contributed by atoms with Gasteiger partial charge in [0.15, 0.2) is 0 Å². The molecule has 0 radical (unpaired) electrons. The van der Waals surface area contributed by atoms with Crippen LogP contribution in [0.25, 0.3) is 0 Å². The molecule has 1 aliphatic heterocycles. The normalized spacial score (nSPS) is 21.0. The Labute approximate surface area is 131 Å². The van der Waals surface area contributed by atoms with E-state index in [2.05, 4.69) is 17.0 Å². The van der Waals surface area contributed by atoms with E-state index in [1.54, 1.807) is 6.07 Å². The summed E-state index contributed by atoms with van der Waals surface area (Å²) in [4.78, 5) is 2.29.